The second-order valence-electron chi connectivity index (χ2n) is 9.32. The third kappa shape index (κ3) is 5.43. The van der Waals surface area contributed by atoms with Crippen LogP contribution < -0.4 is 4.90 Å². The van der Waals surface area contributed by atoms with Crippen molar-refractivity contribution in [2.24, 2.45) is 0 Å². The van der Waals surface area contributed by atoms with Crippen LogP contribution in [-0.2, 0) is 25.6 Å². The van der Waals surface area contributed by atoms with Gasteiger partial charge in [0.1, 0.15) is 4.21 Å². The number of hydrogen-bond acceptors (Lipinski definition) is 7. The van der Waals surface area contributed by atoms with Crippen LogP contribution in [0.15, 0.2) is 46.0 Å². The summed E-state index contributed by atoms with van der Waals surface area (Å²) in [5.74, 6) is 0. The smallest absolute Gasteiger partial charge is 0.376 e. The zero-order chi connectivity index (χ0) is 26.5. The minimum Gasteiger partial charge on any atom is -0.376 e. The average Bonchev–Trinajstić information content (AvgIpc) is 3.46. The van der Waals surface area contributed by atoms with Crippen LogP contribution in [-0.4, -0.2) is 81.2 Å². The summed E-state index contributed by atoms with van der Waals surface area (Å²) in [6.07, 6.45) is -2.30. The SMILES string of the molecule is C[C@](O)(c1ccc(N2CCN(S(=O)(=O)c3cccs3)C[C@@H]2CN(C2CC2)S(C)(=O)=O)cc1)C(F)(F)F. The molecular formula is C22H28F3N3O5S3. The molecule has 2 aromatic rings. The standard InChI is InChI=1S/C22H28F3N3O5S3/c1-21(29,22(23,24)25)16-5-7-17(8-6-16)27-12-11-26(36(32,33)20-4-3-13-34-20)14-19(27)15-28(18-9-10-18)35(2,30)31/h3-8,13,18-19,29H,9-12,14-15H2,1-2H3/t19-,21+/m1/s1. The van der Waals surface area contributed by atoms with Gasteiger partial charge in [0, 0.05) is 37.9 Å². The first-order valence-electron chi connectivity index (χ1n) is 11.3. The average molecular weight is 568 g/mol. The van der Waals surface area contributed by atoms with Gasteiger partial charge in [0.15, 0.2) is 5.60 Å². The van der Waals surface area contributed by atoms with Crippen molar-refractivity contribution in [3.05, 3.63) is 47.3 Å². The summed E-state index contributed by atoms with van der Waals surface area (Å²) in [6, 6.07) is 7.68. The molecule has 1 aliphatic carbocycles. The van der Waals surface area contributed by atoms with Crippen molar-refractivity contribution in [2.75, 3.05) is 37.3 Å². The summed E-state index contributed by atoms with van der Waals surface area (Å²) in [5, 5.41) is 11.6. The molecule has 0 amide bonds. The third-order valence-electron chi connectivity index (χ3n) is 6.62. The Morgan fingerprint density at radius 2 is 1.72 bits per heavy atom. The number of aliphatic hydroxyl groups is 1. The third-order valence-corrected chi connectivity index (χ3v) is 11.2. The minimum atomic E-state index is -4.86. The van der Waals surface area contributed by atoms with Gasteiger partial charge in [-0.25, -0.2) is 16.8 Å². The highest BCUT2D eigenvalue weighted by Crippen LogP contribution is 2.39. The molecule has 0 unspecified atom stereocenters. The van der Waals surface area contributed by atoms with Crippen LogP contribution in [0.4, 0.5) is 18.9 Å². The van der Waals surface area contributed by atoms with Crippen molar-refractivity contribution >= 4 is 37.1 Å². The normalized spacial score (nSPS) is 22.1. The molecule has 1 saturated heterocycles. The Morgan fingerprint density at radius 1 is 1.08 bits per heavy atom. The van der Waals surface area contributed by atoms with Gasteiger partial charge in [0.05, 0.1) is 12.3 Å². The fourth-order valence-corrected chi connectivity index (χ4v) is 8.15. The molecule has 8 nitrogen and oxygen atoms in total. The number of piperazine rings is 1. The van der Waals surface area contributed by atoms with Crippen molar-refractivity contribution in [3.8, 4) is 0 Å². The van der Waals surface area contributed by atoms with E-state index in [4.69, 9.17) is 0 Å². The van der Waals surface area contributed by atoms with Gasteiger partial charge in [-0.3, -0.25) is 0 Å². The number of benzene rings is 1. The Hall–Kier alpha value is -1.71. The first-order chi connectivity index (χ1) is 16.6. The summed E-state index contributed by atoms with van der Waals surface area (Å²) >= 11 is 1.10. The summed E-state index contributed by atoms with van der Waals surface area (Å²) in [4.78, 5) is 1.83. The Labute approximate surface area is 213 Å². The maximum Gasteiger partial charge on any atom is 0.421 e. The summed E-state index contributed by atoms with van der Waals surface area (Å²) in [7, 11) is -7.34. The van der Waals surface area contributed by atoms with E-state index in [1.807, 2.05) is 4.90 Å². The molecule has 0 bridgehead atoms. The molecule has 200 valence electrons. The molecule has 1 N–H and O–H groups in total. The number of nitrogens with zero attached hydrogens (tertiary/aromatic N) is 3. The van der Waals surface area contributed by atoms with Crippen LogP contribution >= 0.6 is 11.3 Å². The molecular weight excluding hydrogens is 539 g/mol. The maximum absolute atomic E-state index is 13.3. The number of sulfonamides is 2. The fraction of sp³-hybridized carbons (Fsp3) is 0.545. The zero-order valence-electron chi connectivity index (χ0n) is 19.7. The van der Waals surface area contributed by atoms with Gasteiger partial charge < -0.3 is 10.0 Å². The van der Waals surface area contributed by atoms with E-state index in [0.717, 1.165) is 30.4 Å². The molecule has 2 heterocycles. The van der Waals surface area contributed by atoms with Crippen LogP contribution in [0.3, 0.4) is 0 Å². The van der Waals surface area contributed by atoms with Crippen molar-refractivity contribution in [2.45, 2.75) is 47.8 Å². The maximum atomic E-state index is 13.3. The van der Waals surface area contributed by atoms with Gasteiger partial charge >= 0.3 is 6.18 Å². The van der Waals surface area contributed by atoms with Crippen LogP contribution in [0.25, 0.3) is 0 Å². The van der Waals surface area contributed by atoms with E-state index in [1.54, 1.807) is 11.4 Å². The molecule has 0 radical (unpaired) electrons. The lowest BCUT2D eigenvalue weighted by Gasteiger charge is -2.43. The van der Waals surface area contributed by atoms with Crippen molar-refractivity contribution in [3.63, 3.8) is 0 Å². The van der Waals surface area contributed by atoms with E-state index in [0.29, 0.717) is 12.6 Å². The number of alkyl halides is 3. The predicted molar refractivity (Wildman–Crippen MR) is 131 cm³/mol. The van der Waals surface area contributed by atoms with Gasteiger partial charge in [0.2, 0.25) is 10.0 Å². The molecule has 14 heteroatoms. The Balaban J connectivity index is 1.65. The van der Waals surface area contributed by atoms with Crippen LogP contribution in [0.1, 0.15) is 25.3 Å². The molecule has 1 aromatic heterocycles. The first kappa shape index (κ1) is 27.3. The van der Waals surface area contributed by atoms with Gasteiger partial charge in [-0.2, -0.15) is 21.8 Å². The Kier molecular flexibility index (Phi) is 7.25. The largest absolute Gasteiger partial charge is 0.421 e. The molecule has 2 aliphatic rings. The molecule has 0 spiro atoms. The highest BCUT2D eigenvalue weighted by molar-refractivity contribution is 7.91. The van der Waals surface area contributed by atoms with E-state index >= 15 is 0 Å². The topological polar surface area (TPSA) is 98.2 Å². The number of rotatable bonds is 8. The molecule has 1 aromatic carbocycles. The van der Waals surface area contributed by atoms with Gasteiger partial charge in [0.25, 0.3) is 10.0 Å². The minimum absolute atomic E-state index is 0.0149. The summed E-state index contributed by atoms with van der Waals surface area (Å²) < 4.78 is 94.0. The Bertz CT molecular complexity index is 1280. The van der Waals surface area contributed by atoms with E-state index in [-0.39, 0.29) is 42.0 Å². The number of anilines is 1. The summed E-state index contributed by atoms with van der Waals surface area (Å²) in [6.45, 7) is 1.08. The number of halogens is 3. The van der Waals surface area contributed by atoms with E-state index < -0.39 is 37.9 Å². The predicted octanol–water partition coefficient (Wildman–Crippen LogP) is 2.82. The molecule has 2 atom stereocenters. The van der Waals surface area contributed by atoms with Gasteiger partial charge in [-0.1, -0.05) is 18.2 Å². The van der Waals surface area contributed by atoms with E-state index in [1.165, 1.54) is 38.9 Å². The van der Waals surface area contributed by atoms with Gasteiger partial charge in [-0.15, -0.1) is 11.3 Å². The van der Waals surface area contributed by atoms with Gasteiger partial charge in [-0.05, 0) is 48.9 Å². The van der Waals surface area contributed by atoms with Crippen molar-refractivity contribution < 1.29 is 35.1 Å². The lowest BCUT2D eigenvalue weighted by molar-refractivity contribution is -0.258. The van der Waals surface area contributed by atoms with Crippen LogP contribution in [0.5, 0.6) is 0 Å². The van der Waals surface area contributed by atoms with Crippen molar-refractivity contribution in [1.29, 1.82) is 0 Å². The highest BCUT2D eigenvalue weighted by atomic mass is 32.2. The van der Waals surface area contributed by atoms with E-state index in [9.17, 15) is 35.1 Å². The molecule has 2 fully saturated rings. The Morgan fingerprint density at radius 3 is 2.22 bits per heavy atom. The lowest BCUT2D eigenvalue weighted by Crippen LogP contribution is -2.59. The molecule has 1 aliphatic heterocycles. The second-order valence-corrected chi connectivity index (χ2v) is 14.4. The lowest BCUT2D eigenvalue weighted by atomic mass is 9.95. The number of hydrogen-bond donors (Lipinski definition) is 1. The number of thiophene rings is 1. The molecule has 1 saturated carbocycles. The van der Waals surface area contributed by atoms with Crippen LogP contribution in [0.2, 0.25) is 0 Å². The monoisotopic (exact) mass is 567 g/mol. The quantitative estimate of drug-likeness (QED) is 0.527. The van der Waals surface area contributed by atoms with E-state index in [2.05, 4.69) is 0 Å². The molecule has 4 rings (SSSR count). The summed E-state index contributed by atoms with van der Waals surface area (Å²) in [5.41, 5.74) is -2.85. The fourth-order valence-electron chi connectivity index (χ4n) is 4.35. The van der Waals surface area contributed by atoms with Crippen LogP contribution in [0, 0.1) is 0 Å². The van der Waals surface area contributed by atoms with Crippen molar-refractivity contribution in [1.82, 2.24) is 8.61 Å². The first-order valence-corrected chi connectivity index (χ1v) is 15.5. The molecule has 36 heavy (non-hydrogen) atoms. The highest BCUT2D eigenvalue weighted by Gasteiger charge is 2.51. The zero-order valence-corrected chi connectivity index (χ0v) is 22.2. The second kappa shape index (κ2) is 9.55.